The van der Waals surface area contributed by atoms with E-state index in [0.717, 1.165) is 28.3 Å². The van der Waals surface area contributed by atoms with Crippen molar-refractivity contribution in [2.24, 2.45) is 0 Å². The Labute approximate surface area is 176 Å². The maximum absolute atomic E-state index is 12.5. The second-order valence-electron chi connectivity index (χ2n) is 6.29. The molecule has 1 saturated heterocycles. The Kier molecular flexibility index (Phi) is 6.14. The van der Waals surface area contributed by atoms with Crippen LogP contribution in [0.25, 0.3) is 6.08 Å². The third kappa shape index (κ3) is 4.72. The number of halogens is 1. The number of benzene rings is 2. The second-order valence-corrected chi connectivity index (χ2v) is 7.69. The van der Waals surface area contributed by atoms with Gasteiger partial charge in [-0.15, -0.1) is 0 Å². The molecule has 3 rings (SSSR count). The first kappa shape index (κ1) is 20.8. The zero-order valence-corrected chi connectivity index (χ0v) is 16.9. The predicted molar refractivity (Wildman–Crippen MR) is 112 cm³/mol. The Hall–Kier alpha value is -2.97. The molecule has 2 aromatic carbocycles. The first-order valence-electron chi connectivity index (χ1n) is 8.58. The average molecular weight is 433 g/mol. The first-order valence-corrected chi connectivity index (χ1v) is 9.78. The van der Waals surface area contributed by atoms with Crippen molar-refractivity contribution in [3.63, 3.8) is 0 Å². The van der Waals surface area contributed by atoms with Gasteiger partial charge in [-0.2, -0.15) is 0 Å². The van der Waals surface area contributed by atoms with Gasteiger partial charge in [-0.1, -0.05) is 17.7 Å². The van der Waals surface area contributed by atoms with E-state index >= 15 is 0 Å². The van der Waals surface area contributed by atoms with Gasteiger partial charge in [0.2, 0.25) is 5.91 Å². The standard InChI is InChI=1S/C20H17ClN2O5S/c1-11-14(21)3-2-4-15(11)22-18(26)7-8-23-19(27)17(29-20(23)28)9-12-5-6-13(24)10-16(12)25/h2-6,9-10,24-25H,7-8H2,1H3,(H,22,26)/b17-9-. The number of aromatic hydroxyl groups is 2. The lowest BCUT2D eigenvalue weighted by molar-refractivity contribution is -0.123. The van der Waals surface area contributed by atoms with E-state index in [1.807, 2.05) is 0 Å². The highest BCUT2D eigenvalue weighted by Gasteiger charge is 2.35. The normalized spacial score (nSPS) is 15.2. The van der Waals surface area contributed by atoms with Crippen LogP contribution >= 0.6 is 23.4 Å². The van der Waals surface area contributed by atoms with E-state index in [-0.39, 0.29) is 35.3 Å². The Morgan fingerprint density at radius 2 is 2.00 bits per heavy atom. The van der Waals surface area contributed by atoms with Crippen molar-refractivity contribution < 1.29 is 24.6 Å². The summed E-state index contributed by atoms with van der Waals surface area (Å²) < 4.78 is 0. The third-order valence-corrected chi connectivity index (χ3v) is 5.60. The number of rotatable bonds is 5. The smallest absolute Gasteiger partial charge is 0.293 e. The minimum atomic E-state index is -0.542. The zero-order valence-electron chi connectivity index (χ0n) is 15.3. The van der Waals surface area contributed by atoms with Crippen molar-refractivity contribution in [3.05, 3.63) is 57.5 Å². The molecule has 0 saturated carbocycles. The number of anilines is 1. The van der Waals surface area contributed by atoms with E-state index < -0.39 is 11.1 Å². The number of phenolic OH excluding ortho intramolecular Hbond substituents is 2. The molecule has 9 heteroatoms. The number of nitrogens with zero attached hydrogens (tertiary/aromatic N) is 1. The topological polar surface area (TPSA) is 107 Å². The molecule has 7 nitrogen and oxygen atoms in total. The van der Waals surface area contributed by atoms with Crippen molar-refractivity contribution in [3.8, 4) is 11.5 Å². The molecule has 150 valence electrons. The predicted octanol–water partition coefficient (Wildman–Crippen LogP) is 4.12. The molecule has 2 aromatic rings. The summed E-state index contributed by atoms with van der Waals surface area (Å²) in [6.45, 7) is 1.70. The number of nitrogens with one attached hydrogen (secondary N) is 1. The molecule has 0 atom stereocenters. The Morgan fingerprint density at radius 3 is 2.72 bits per heavy atom. The summed E-state index contributed by atoms with van der Waals surface area (Å²) in [6, 6.07) is 9.07. The van der Waals surface area contributed by atoms with Crippen LogP contribution in [0.3, 0.4) is 0 Å². The van der Waals surface area contributed by atoms with E-state index in [4.69, 9.17) is 11.6 Å². The lowest BCUT2D eigenvalue weighted by Gasteiger charge is -2.13. The molecule has 3 N–H and O–H groups in total. The summed E-state index contributed by atoms with van der Waals surface area (Å²) in [7, 11) is 0. The summed E-state index contributed by atoms with van der Waals surface area (Å²) in [5.74, 6) is -1.23. The summed E-state index contributed by atoms with van der Waals surface area (Å²) in [6.07, 6.45) is 1.30. The van der Waals surface area contributed by atoms with Crippen molar-refractivity contribution in [2.75, 3.05) is 11.9 Å². The highest BCUT2D eigenvalue weighted by atomic mass is 35.5. The fourth-order valence-corrected chi connectivity index (χ4v) is 3.69. The highest BCUT2D eigenvalue weighted by Crippen LogP contribution is 2.34. The fourth-order valence-electron chi connectivity index (χ4n) is 2.66. The first-order chi connectivity index (χ1) is 13.8. The Morgan fingerprint density at radius 1 is 1.24 bits per heavy atom. The Balaban J connectivity index is 1.65. The molecular formula is C20H17ClN2O5S. The molecule has 1 aliphatic rings. The van der Waals surface area contributed by atoms with Crippen LogP contribution in [-0.4, -0.2) is 38.7 Å². The van der Waals surface area contributed by atoms with Crippen LogP contribution < -0.4 is 5.32 Å². The number of hydrogen-bond donors (Lipinski definition) is 3. The van der Waals surface area contributed by atoms with Gasteiger partial charge in [0.1, 0.15) is 11.5 Å². The average Bonchev–Trinajstić information content (AvgIpc) is 2.93. The lowest BCUT2D eigenvalue weighted by atomic mass is 10.1. The van der Waals surface area contributed by atoms with Crippen molar-refractivity contribution in [1.82, 2.24) is 4.90 Å². The molecule has 0 aliphatic carbocycles. The minimum Gasteiger partial charge on any atom is -0.508 e. The van der Waals surface area contributed by atoms with Gasteiger partial charge in [0.05, 0.1) is 4.91 Å². The SMILES string of the molecule is Cc1c(Cl)cccc1NC(=O)CCN1C(=O)S/C(=C\c2ccc(O)cc2O)C1=O. The largest absolute Gasteiger partial charge is 0.508 e. The maximum Gasteiger partial charge on any atom is 0.293 e. The van der Waals surface area contributed by atoms with E-state index in [2.05, 4.69) is 5.32 Å². The molecule has 0 aromatic heterocycles. The van der Waals surface area contributed by atoms with E-state index in [1.54, 1.807) is 25.1 Å². The van der Waals surface area contributed by atoms with Gasteiger partial charge in [-0.05, 0) is 54.6 Å². The number of carbonyl (C=O) groups is 3. The Bertz CT molecular complexity index is 1040. The molecule has 0 radical (unpaired) electrons. The van der Waals surface area contributed by atoms with E-state index in [9.17, 15) is 24.6 Å². The molecule has 1 heterocycles. The van der Waals surface area contributed by atoms with Gasteiger partial charge in [0.15, 0.2) is 0 Å². The summed E-state index contributed by atoms with van der Waals surface area (Å²) in [5, 5.41) is 21.9. The number of imide groups is 1. The molecule has 1 aliphatic heterocycles. The molecule has 0 unspecified atom stereocenters. The third-order valence-electron chi connectivity index (χ3n) is 4.28. The quantitative estimate of drug-likeness (QED) is 0.613. The van der Waals surface area contributed by atoms with Crippen LogP contribution in [0.1, 0.15) is 17.5 Å². The fraction of sp³-hybridized carbons (Fsp3) is 0.150. The van der Waals surface area contributed by atoms with Gasteiger partial charge < -0.3 is 15.5 Å². The lowest BCUT2D eigenvalue weighted by Crippen LogP contribution is -2.31. The molecule has 29 heavy (non-hydrogen) atoms. The number of phenols is 2. The highest BCUT2D eigenvalue weighted by molar-refractivity contribution is 8.18. The van der Waals surface area contributed by atoms with Gasteiger partial charge in [0.25, 0.3) is 11.1 Å². The van der Waals surface area contributed by atoms with E-state index in [0.29, 0.717) is 16.3 Å². The summed E-state index contributed by atoms with van der Waals surface area (Å²) in [4.78, 5) is 38.0. The second kappa shape index (κ2) is 8.59. The van der Waals surface area contributed by atoms with Crippen LogP contribution in [0.5, 0.6) is 11.5 Å². The van der Waals surface area contributed by atoms with Crippen molar-refractivity contribution in [1.29, 1.82) is 0 Å². The molecule has 0 bridgehead atoms. The minimum absolute atomic E-state index is 0.0677. The zero-order chi connectivity index (χ0) is 21.1. The number of hydrogen-bond acceptors (Lipinski definition) is 6. The van der Waals surface area contributed by atoms with Crippen molar-refractivity contribution in [2.45, 2.75) is 13.3 Å². The summed E-state index contributed by atoms with van der Waals surface area (Å²) in [5.41, 5.74) is 1.59. The maximum atomic E-state index is 12.5. The van der Waals surface area contributed by atoms with Crippen LogP contribution in [0.2, 0.25) is 5.02 Å². The van der Waals surface area contributed by atoms with Crippen LogP contribution in [0.4, 0.5) is 10.5 Å². The summed E-state index contributed by atoms with van der Waals surface area (Å²) >= 11 is 6.75. The molecule has 3 amide bonds. The van der Waals surface area contributed by atoms with E-state index in [1.165, 1.54) is 18.2 Å². The number of amides is 3. The van der Waals surface area contributed by atoms with Crippen molar-refractivity contribution >= 4 is 52.2 Å². The van der Waals surface area contributed by atoms with Crippen LogP contribution in [0.15, 0.2) is 41.3 Å². The molecular weight excluding hydrogens is 416 g/mol. The monoisotopic (exact) mass is 432 g/mol. The van der Waals surface area contributed by atoms with Crippen LogP contribution in [-0.2, 0) is 9.59 Å². The molecule has 1 fully saturated rings. The van der Waals surface area contributed by atoms with Gasteiger partial charge in [-0.25, -0.2) is 0 Å². The van der Waals surface area contributed by atoms with Crippen LogP contribution in [0, 0.1) is 6.92 Å². The van der Waals surface area contributed by atoms with Gasteiger partial charge in [0, 0.05) is 35.3 Å². The number of carbonyl (C=O) groups excluding carboxylic acids is 3. The molecule has 0 spiro atoms. The van der Waals surface area contributed by atoms with Gasteiger partial charge in [-0.3, -0.25) is 19.3 Å². The number of thioether (sulfide) groups is 1. The van der Waals surface area contributed by atoms with Gasteiger partial charge >= 0.3 is 0 Å².